The van der Waals surface area contributed by atoms with Crippen molar-refractivity contribution in [2.45, 2.75) is 32.2 Å². The van der Waals surface area contributed by atoms with E-state index in [1.807, 2.05) is 19.1 Å². The van der Waals surface area contributed by atoms with Gasteiger partial charge >= 0.3 is 5.97 Å². The SMILES string of the molecule is CCCC[C@H](NC(=O)c1cccc2[nH]ccc12)C(=O)O. The molecule has 106 valence electrons. The lowest BCUT2D eigenvalue weighted by atomic mass is 10.1. The molecule has 0 unspecified atom stereocenters. The summed E-state index contributed by atoms with van der Waals surface area (Å²) in [5, 5.41) is 12.5. The largest absolute Gasteiger partial charge is 0.480 e. The molecule has 1 atom stereocenters. The Morgan fingerprint density at radius 2 is 2.15 bits per heavy atom. The molecule has 0 saturated heterocycles. The minimum atomic E-state index is -0.993. The number of hydrogen-bond acceptors (Lipinski definition) is 2. The summed E-state index contributed by atoms with van der Waals surface area (Å²) >= 11 is 0. The first-order valence-electron chi connectivity index (χ1n) is 6.73. The van der Waals surface area contributed by atoms with Crippen molar-refractivity contribution < 1.29 is 14.7 Å². The van der Waals surface area contributed by atoms with Crippen LogP contribution in [0.15, 0.2) is 30.5 Å². The van der Waals surface area contributed by atoms with Crippen molar-refractivity contribution in [3.05, 3.63) is 36.0 Å². The van der Waals surface area contributed by atoms with Crippen molar-refractivity contribution in [1.29, 1.82) is 0 Å². The highest BCUT2D eigenvalue weighted by atomic mass is 16.4. The number of hydrogen-bond donors (Lipinski definition) is 3. The second-order valence-electron chi connectivity index (χ2n) is 4.75. The first-order valence-corrected chi connectivity index (χ1v) is 6.73. The predicted octanol–water partition coefficient (Wildman–Crippen LogP) is 2.54. The number of aromatic nitrogens is 1. The van der Waals surface area contributed by atoms with Gasteiger partial charge in [0.15, 0.2) is 0 Å². The Bertz CT molecular complexity index is 618. The minimum absolute atomic E-state index is 0.348. The number of aliphatic carboxylic acids is 1. The molecule has 1 aromatic carbocycles. The van der Waals surface area contributed by atoms with Crippen molar-refractivity contribution in [2.24, 2.45) is 0 Å². The summed E-state index contributed by atoms with van der Waals surface area (Å²) in [5.74, 6) is -1.34. The van der Waals surface area contributed by atoms with Gasteiger partial charge in [-0.2, -0.15) is 0 Å². The maximum absolute atomic E-state index is 12.2. The number of carboxylic acids is 1. The predicted molar refractivity (Wildman–Crippen MR) is 76.7 cm³/mol. The van der Waals surface area contributed by atoms with Crippen molar-refractivity contribution in [3.8, 4) is 0 Å². The van der Waals surface area contributed by atoms with Crippen molar-refractivity contribution in [2.75, 3.05) is 0 Å². The van der Waals surface area contributed by atoms with E-state index >= 15 is 0 Å². The molecule has 0 aliphatic heterocycles. The fraction of sp³-hybridized carbons (Fsp3) is 0.333. The van der Waals surface area contributed by atoms with E-state index in [9.17, 15) is 9.59 Å². The number of carbonyl (C=O) groups is 2. The summed E-state index contributed by atoms with van der Waals surface area (Å²) in [6, 6.07) is 6.32. The van der Waals surface area contributed by atoms with E-state index in [1.54, 1.807) is 18.3 Å². The average molecular weight is 274 g/mol. The monoisotopic (exact) mass is 274 g/mol. The third-order valence-electron chi connectivity index (χ3n) is 3.29. The van der Waals surface area contributed by atoms with Gasteiger partial charge in [0.25, 0.3) is 5.91 Å². The quantitative estimate of drug-likeness (QED) is 0.757. The van der Waals surface area contributed by atoms with Gasteiger partial charge in [-0.05, 0) is 24.6 Å². The van der Waals surface area contributed by atoms with E-state index in [0.29, 0.717) is 12.0 Å². The topological polar surface area (TPSA) is 82.2 Å². The highest BCUT2D eigenvalue weighted by Crippen LogP contribution is 2.17. The fourth-order valence-corrected chi connectivity index (χ4v) is 2.19. The lowest BCUT2D eigenvalue weighted by Crippen LogP contribution is -2.40. The van der Waals surface area contributed by atoms with Crippen LogP contribution in [0.3, 0.4) is 0 Å². The van der Waals surface area contributed by atoms with E-state index in [2.05, 4.69) is 10.3 Å². The van der Waals surface area contributed by atoms with Crippen LogP contribution in [0.1, 0.15) is 36.5 Å². The van der Waals surface area contributed by atoms with Gasteiger partial charge in [-0.15, -0.1) is 0 Å². The highest BCUT2D eigenvalue weighted by Gasteiger charge is 2.21. The second-order valence-corrected chi connectivity index (χ2v) is 4.75. The second kappa shape index (κ2) is 6.23. The maximum Gasteiger partial charge on any atom is 0.326 e. The molecule has 2 aromatic rings. The third-order valence-corrected chi connectivity index (χ3v) is 3.29. The molecule has 0 spiro atoms. The zero-order valence-corrected chi connectivity index (χ0v) is 11.3. The van der Waals surface area contributed by atoms with Crippen LogP contribution in [0.4, 0.5) is 0 Å². The Labute approximate surface area is 117 Å². The number of rotatable bonds is 6. The van der Waals surface area contributed by atoms with Crippen LogP contribution in [0.5, 0.6) is 0 Å². The standard InChI is InChI=1S/C15H18N2O3/c1-2-3-6-13(15(19)20)17-14(18)11-5-4-7-12-10(11)8-9-16-12/h4-5,7-9,13,16H,2-3,6H2,1H3,(H,17,18)(H,19,20)/t13-/m0/s1. The summed E-state index contributed by atoms with van der Waals surface area (Å²) in [7, 11) is 0. The number of fused-ring (bicyclic) bond motifs is 1. The minimum Gasteiger partial charge on any atom is -0.480 e. The molecule has 2 rings (SSSR count). The Morgan fingerprint density at radius 3 is 2.85 bits per heavy atom. The molecular weight excluding hydrogens is 256 g/mol. The Morgan fingerprint density at radius 1 is 1.35 bits per heavy atom. The third kappa shape index (κ3) is 2.99. The molecule has 5 heteroatoms. The summed E-state index contributed by atoms with van der Waals surface area (Å²) < 4.78 is 0. The average Bonchev–Trinajstić information content (AvgIpc) is 2.90. The number of carbonyl (C=O) groups excluding carboxylic acids is 1. The Kier molecular flexibility index (Phi) is 4.40. The molecule has 20 heavy (non-hydrogen) atoms. The lowest BCUT2D eigenvalue weighted by Gasteiger charge is -2.14. The van der Waals surface area contributed by atoms with E-state index in [4.69, 9.17) is 5.11 Å². The van der Waals surface area contributed by atoms with Gasteiger partial charge in [0.2, 0.25) is 0 Å². The maximum atomic E-state index is 12.2. The Hall–Kier alpha value is -2.30. The van der Waals surface area contributed by atoms with Gasteiger partial charge < -0.3 is 15.4 Å². The molecule has 0 bridgehead atoms. The molecule has 1 aromatic heterocycles. The summed E-state index contributed by atoms with van der Waals surface area (Å²) in [6.07, 6.45) is 3.87. The number of carboxylic acid groups (broad SMARTS) is 1. The van der Waals surface area contributed by atoms with Crippen molar-refractivity contribution >= 4 is 22.8 Å². The first kappa shape index (κ1) is 14.1. The number of benzene rings is 1. The molecule has 0 saturated carbocycles. The van der Waals surface area contributed by atoms with Crippen LogP contribution in [0, 0.1) is 0 Å². The number of H-pyrrole nitrogens is 1. The number of unbranched alkanes of at least 4 members (excludes halogenated alkanes) is 1. The van der Waals surface area contributed by atoms with Gasteiger partial charge in [-0.25, -0.2) is 4.79 Å². The highest BCUT2D eigenvalue weighted by molar-refractivity contribution is 6.07. The lowest BCUT2D eigenvalue weighted by molar-refractivity contribution is -0.139. The van der Waals surface area contributed by atoms with Crippen LogP contribution in [-0.4, -0.2) is 28.0 Å². The van der Waals surface area contributed by atoms with Gasteiger partial charge in [-0.3, -0.25) is 4.79 Å². The van der Waals surface area contributed by atoms with Crippen LogP contribution in [-0.2, 0) is 4.79 Å². The van der Waals surface area contributed by atoms with E-state index in [0.717, 1.165) is 23.7 Å². The van der Waals surface area contributed by atoms with E-state index in [-0.39, 0.29) is 5.91 Å². The van der Waals surface area contributed by atoms with Crippen molar-refractivity contribution in [3.63, 3.8) is 0 Å². The molecule has 3 N–H and O–H groups in total. The normalized spacial score (nSPS) is 12.2. The molecule has 5 nitrogen and oxygen atoms in total. The molecular formula is C15H18N2O3. The van der Waals surface area contributed by atoms with Crippen molar-refractivity contribution in [1.82, 2.24) is 10.3 Å². The van der Waals surface area contributed by atoms with Crippen LogP contribution in [0.2, 0.25) is 0 Å². The smallest absolute Gasteiger partial charge is 0.326 e. The van der Waals surface area contributed by atoms with Crippen LogP contribution >= 0.6 is 0 Å². The van der Waals surface area contributed by atoms with Crippen LogP contribution in [0.25, 0.3) is 10.9 Å². The van der Waals surface area contributed by atoms with Crippen LogP contribution < -0.4 is 5.32 Å². The zero-order valence-electron chi connectivity index (χ0n) is 11.3. The summed E-state index contributed by atoms with van der Waals surface area (Å²) in [5.41, 5.74) is 1.35. The molecule has 0 fully saturated rings. The Balaban J connectivity index is 2.18. The molecule has 0 aliphatic carbocycles. The molecule has 1 heterocycles. The van der Waals surface area contributed by atoms with E-state index in [1.165, 1.54) is 0 Å². The fourth-order valence-electron chi connectivity index (χ4n) is 2.19. The van der Waals surface area contributed by atoms with Gasteiger partial charge in [0, 0.05) is 22.7 Å². The number of nitrogens with one attached hydrogen (secondary N) is 2. The first-order chi connectivity index (χ1) is 9.63. The van der Waals surface area contributed by atoms with Gasteiger partial charge in [-0.1, -0.05) is 25.8 Å². The zero-order chi connectivity index (χ0) is 14.5. The van der Waals surface area contributed by atoms with Gasteiger partial charge in [0.05, 0.1) is 0 Å². The van der Waals surface area contributed by atoms with E-state index < -0.39 is 12.0 Å². The number of amides is 1. The molecule has 0 radical (unpaired) electrons. The van der Waals surface area contributed by atoms with Gasteiger partial charge in [0.1, 0.15) is 6.04 Å². The summed E-state index contributed by atoms with van der Waals surface area (Å²) in [4.78, 5) is 26.4. The molecule has 0 aliphatic rings. The number of aromatic amines is 1. The summed E-state index contributed by atoms with van der Waals surface area (Å²) in [6.45, 7) is 1.99. The molecule has 1 amide bonds.